The maximum atomic E-state index is 11.3. The van der Waals surface area contributed by atoms with Gasteiger partial charge in [0.1, 0.15) is 5.75 Å². The van der Waals surface area contributed by atoms with E-state index in [2.05, 4.69) is 0 Å². The first kappa shape index (κ1) is 13.7. The number of carbonyl (C=O) groups is 1. The number of aromatic carboxylic acids is 1. The van der Waals surface area contributed by atoms with Crippen LogP contribution in [0.4, 0.5) is 0 Å². The lowest BCUT2D eigenvalue weighted by Crippen LogP contribution is -2.00. The molecule has 0 aromatic heterocycles. The Bertz CT molecular complexity index is 639. The molecular formula is C14H10Cl2O3. The third kappa shape index (κ3) is 2.83. The first-order valence-corrected chi connectivity index (χ1v) is 6.15. The lowest BCUT2D eigenvalue weighted by atomic mass is 9.99. The Hall–Kier alpha value is -1.71. The summed E-state index contributed by atoms with van der Waals surface area (Å²) in [5, 5.41) is 10.2. The second kappa shape index (κ2) is 5.51. The van der Waals surface area contributed by atoms with Gasteiger partial charge in [0.25, 0.3) is 0 Å². The summed E-state index contributed by atoms with van der Waals surface area (Å²) in [5.41, 5.74) is 1.19. The number of benzene rings is 2. The molecule has 0 unspecified atom stereocenters. The number of halogens is 2. The van der Waals surface area contributed by atoms with Crippen LogP contribution >= 0.6 is 23.2 Å². The topological polar surface area (TPSA) is 46.5 Å². The highest BCUT2D eigenvalue weighted by molar-refractivity contribution is 6.35. The lowest BCUT2D eigenvalue weighted by molar-refractivity contribution is 0.0697. The summed E-state index contributed by atoms with van der Waals surface area (Å²) in [6.07, 6.45) is 0. The highest BCUT2D eigenvalue weighted by atomic mass is 35.5. The van der Waals surface area contributed by atoms with E-state index in [4.69, 9.17) is 27.9 Å². The molecule has 0 aliphatic carbocycles. The van der Waals surface area contributed by atoms with E-state index < -0.39 is 5.97 Å². The van der Waals surface area contributed by atoms with E-state index in [1.165, 1.54) is 13.2 Å². The van der Waals surface area contributed by atoms with Crippen LogP contribution in [-0.2, 0) is 0 Å². The molecular weight excluding hydrogens is 287 g/mol. The van der Waals surface area contributed by atoms with Crippen molar-refractivity contribution >= 4 is 29.2 Å². The molecule has 0 saturated carbocycles. The maximum absolute atomic E-state index is 11.3. The van der Waals surface area contributed by atoms with Gasteiger partial charge in [0.2, 0.25) is 0 Å². The average molecular weight is 297 g/mol. The normalized spacial score (nSPS) is 10.3. The summed E-state index contributed by atoms with van der Waals surface area (Å²) in [6.45, 7) is 0. The van der Waals surface area contributed by atoms with Gasteiger partial charge >= 0.3 is 5.97 Å². The van der Waals surface area contributed by atoms with Crippen LogP contribution in [0.3, 0.4) is 0 Å². The lowest BCUT2D eigenvalue weighted by Gasteiger charge is -2.10. The van der Waals surface area contributed by atoms with Gasteiger partial charge in [0, 0.05) is 15.6 Å². The Kier molecular flexibility index (Phi) is 3.98. The van der Waals surface area contributed by atoms with Gasteiger partial charge in [0.05, 0.1) is 12.7 Å². The number of carboxylic acid groups (broad SMARTS) is 1. The van der Waals surface area contributed by atoms with Gasteiger partial charge < -0.3 is 9.84 Å². The number of ether oxygens (including phenoxy) is 1. The molecule has 0 bridgehead atoms. The Balaban J connectivity index is 2.67. The second-order valence-electron chi connectivity index (χ2n) is 3.84. The zero-order valence-electron chi connectivity index (χ0n) is 9.98. The molecule has 0 amide bonds. The van der Waals surface area contributed by atoms with Gasteiger partial charge in [-0.05, 0) is 42.0 Å². The van der Waals surface area contributed by atoms with Crippen molar-refractivity contribution in [1.29, 1.82) is 0 Å². The van der Waals surface area contributed by atoms with Crippen molar-refractivity contribution in [1.82, 2.24) is 0 Å². The molecule has 0 fully saturated rings. The van der Waals surface area contributed by atoms with Crippen LogP contribution in [-0.4, -0.2) is 18.2 Å². The predicted molar refractivity (Wildman–Crippen MR) is 75.4 cm³/mol. The van der Waals surface area contributed by atoms with E-state index >= 15 is 0 Å². The number of hydrogen-bond donors (Lipinski definition) is 1. The zero-order valence-corrected chi connectivity index (χ0v) is 11.5. The van der Waals surface area contributed by atoms with E-state index in [1.807, 2.05) is 0 Å². The van der Waals surface area contributed by atoms with Crippen LogP contribution in [0.5, 0.6) is 5.75 Å². The van der Waals surface area contributed by atoms with Crippen LogP contribution < -0.4 is 4.74 Å². The Morgan fingerprint density at radius 2 is 1.84 bits per heavy atom. The van der Waals surface area contributed by atoms with Gasteiger partial charge in [-0.2, -0.15) is 0 Å². The molecule has 0 radical (unpaired) electrons. The largest absolute Gasteiger partial charge is 0.497 e. The summed E-state index contributed by atoms with van der Waals surface area (Å²) < 4.78 is 5.03. The predicted octanol–water partition coefficient (Wildman–Crippen LogP) is 4.37. The van der Waals surface area contributed by atoms with Gasteiger partial charge in [-0.1, -0.05) is 23.2 Å². The molecule has 0 aliphatic heterocycles. The van der Waals surface area contributed by atoms with Crippen LogP contribution in [0.25, 0.3) is 11.1 Å². The summed E-state index contributed by atoms with van der Waals surface area (Å²) in [4.78, 5) is 11.3. The summed E-state index contributed by atoms with van der Waals surface area (Å²) in [5.74, 6) is -0.579. The molecule has 2 rings (SSSR count). The van der Waals surface area contributed by atoms with Crippen molar-refractivity contribution in [2.75, 3.05) is 7.11 Å². The van der Waals surface area contributed by atoms with Crippen molar-refractivity contribution < 1.29 is 14.6 Å². The SMILES string of the molecule is COc1ccc(-c2cc(Cl)ccc2Cl)c(C(=O)O)c1. The number of carboxylic acids is 1. The molecule has 2 aromatic carbocycles. The van der Waals surface area contributed by atoms with Crippen molar-refractivity contribution in [3.05, 3.63) is 52.0 Å². The first-order valence-electron chi connectivity index (χ1n) is 5.39. The third-order valence-corrected chi connectivity index (χ3v) is 3.24. The van der Waals surface area contributed by atoms with Crippen LogP contribution in [0.2, 0.25) is 10.0 Å². The Morgan fingerprint density at radius 1 is 1.11 bits per heavy atom. The van der Waals surface area contributed by atoms with E-state index in [9.17, 15) is 9.90 Å². The monoisotopic (exact) mass is 296 g/mol. The minimum absolute atomic E-state index is 0.114. The maximum Gasteiger partial charge on any atom is 0.336 e. The van der Waals surface area contributed by atoms with Gasteiger partial charge in [0.15, 0.2) is 0 Å². The fraction of sp³-hybridized carbons (Fsp3) is 0.0714. The molecule has 19 heavy (non-hydrogen) atoms. The molecule has 5 heteroatoms. The van der Waals surface area contributed by atoms with E-state index in [-0.39, 0.29) is 5.56 Å². The third-order valence-electron chi connectivity index (χ3n) is 2.68. The minimum Gasteiger partial charge on any atom is -0.497 e. The van der Waals surface area contributed by atoms with Gasteiger partial charge in [-0.25, -0.2) is 4.79 Å². The number of methoxy groups -OCH3 is 1. The highest BCUT2D eigenvalue weighted by Crippen LogP contribution is 2.34. The summed E-state index contributed by atoms with van der Waals surface area (Å²) in [6, 6.07) is 9.71. The number of hydrogen-bond acceptors (Lipinski definition) is 2. The first-order chi connectivity index (χ1) is 9.02. The fourth-order valence-corrected chi connectivity index (χ4v) is 2.16. The average Bonchev–Trinajstić information content (AvgIpc) is 2.40. The molecule has 2 aromatic rings. The summed E-state index contributed by atoms with van der Waals surface area (Å²) in [7, 11) is 1.48. The van der Waals surface area contributed by atoms with Crippen LogP contribution in [0, 0.1) is 0 Å². The van der Waals surface area contributed by atoms with Gasteiger partial charge in [-0.3, -0.25) is 0 Å². The molecule has 0 heterocycles. The smallest absolute Gasteiger partial charge is 0.336 e. The Morgan fingerprint density at radius 3 is 2.47 bits per heavy atom. The fourth-order valence-electron chi connectivity index (χ4n) is 1.77. The van der Waals surface area contributed by atoms with Crippen molar-refractivity contribution in [3.63, 3.8) is 0 Å². The molecule has 98 valence electrons. The van der Waals surface area contributed by atoms with Gasteiger partial charge in [-0.15, -0.1) is 0 Å². The van der Waals surface area contributed by atoms with E-state index in [0.717, 1.165) is 0 Å². The van der Waals surface area contributed by atoms with E-state index in [0.29, 0.717) is 26.9 Å². The van der Waals surface area contributed by atoms with Crippen LogP contribution in [0.1, 0.15) is 10.4 Å². The van der Waals surface area contributed by atoms with E-state index in [1.54, 1.807) is 30.3 Å². The Labute approximate surface area is 120 Å². The zero-order chi connectivity index (χ0) is 14.0. The molecule has 0 aliphatic rings. The molecule has 1 N–H and O–H groups in total. The number of rotatable bonds is 3. The standard InChI is InChI=1S/C14H10Cl2O3/c1-19-9-3-4-10(12(7-9)14(17)18)11-6-8(15)2-5-13(11)16/h2-7H,1H3,(H,17,18). The molecule has 0 spiro atoms. The minimum atomic E-state index is -1.05. The second-order valence-corrected chi connectivity index (χ2v) is 4.68. The molecule has 3 nitrogen and oxygen atoms in total. The van der Waals surface area contributed by atoms with Crippen molar-refractivity contribution in [2.45, 2.75) is 0 Å². The van der Waals surface area contributed by atoms with Crippen molar-refractivity contribution in [2.24, 2.45) is 0 Å². The molecule has 0 saturated heterocycles. The van der Waals surface area contributed by atoms with Crippen LogP contribution in [0.15, 0.2) is 36.4 Å². The molecule has 0 atom stereocenters. The highest BCUT2D eigenvalue weighted by Gasteiger charge is 2.15. The quantitative estimate of drug-likeness (QED) is 0.915. The van der Waals surface area contributed by atoms with Crippen molar-refractivity contribution in [3.8, 4) is 16.9 Å². The summed E-state index contributed by atoms with van der Waals surface area (Å²) >= 11 is 12.0.